The minimum atomic E-state index is -4.99. The molecule has 1 aromatic rings. The summed E-state index contributed by atoms with van der Waals surface area (Å²) in [5.41, 5.74) is 0.108. The van der Waals surface area contributed by atoms with E-state index in [4.69, 9.17) is 11.6 Å². The number of rotatable bonds is 6. The summed E-state index contributed by atoms with van der Waals surface area (Å²) in [7, 11) is 0. The Morgan fingerprint density at radius 1 is 1.21 bits per heavy atom. The zero-order valence-corrected chi connectivity index (χ0v) is 10.3. The first-order chi connectivity index (χ1) is 8.83. The van der Waals surface area contributed by atoms with Crippen molar-refractivity contribution in [2.24, 2.45) is 0 Å². The fourth-order valence-corrected chi connectivity index (χ4v) is 1.57. The van der Waals surface area contributed by atoms with E-state index in [-0.39, 0.29) is 17.9 Å². The molecule has 0 aromatic heterocycles. The molecule has 0 aliphatic carbocycles. The molecule has 0 unspecified atom stereocenters. The van der Waals surface area contributed by atoms with Gasteiger partial charge in [0.05, 0.1) is 0 Å². The molecule has 8 heteroatoms. The molecule has 0 saturated carbocycles. The van der Waals surface area contributed by atoms with Gasteiger partial charge in [-0.25, -0.2) is 0 Å². The Morgan fingerprint density at radius 2 is 1.89 bits per heavy atom. The summed E-state index contributed by atoms with van der Waals surface area (Å²) in [6.07, 6.45) is -4.44. The largest absolute Gasteiger partial charge is 0.573 e. The number of benzene rings is 1. The highest BCUT2D eigenvalue weighted by atomic mass is 35.5. The van der Waals surface area contributed by atoms with Gasteiger partial charge in [0.1, 0.15) is 0 Å². The van der Waals surface area contributed by atoms with Crippen LogP contribution < -0.4 is 9.47 Å². The molecule has 1 aromatic carbocycles. The van der Waals surface area contributed by atoms with Gasteiger partial charge in [0.2, 0.25) is 0 Å². The molecule has 0 amide bonds. The van der Waals surface area contributed by atoms with Crippen LogP contribution in [-0.2, 0) is 6.42 Å². The third-order valence-electron chi connectivity index (χ3n) is 2.07. The van der Waals surface area contributed by atoms with Crippen LogP contribution in [0.1, 0.15) is 12.0 Å². The van der Waals surface area contributed by atoms with Crippen LogP contribution in [-0.4, -0.2) is 18.9 Å². The monoisotopic (exact) mass is 304 g/mol. The number of alkyl halides is 6. The molecule has 19 heavy (non-hydrogen) atoms. The first-order valence-corrected chi connectivity index (χ1v) is 5.75. The van der Waals surface area contributed by atoms with E-state index in [1.807, 2.05) is 0 Å². The Kier molecular flexibility index (Phi) is 5.65. The predicted octanol–water partition coefficient (Wildman–Crippen LogP) is 4.36. The van der Waals surface area contributed by atoms with Gasteiger partial charge in [-0.3, -0.25) is 0 Å². The Hall–Kier alpha value is -1.24. The fraction of sp³-hybridized carbons (Fsp3) is 0.455. The molecule has 0 aliphatic heterocycles. The van der Waals surface area contributed by atoms with E-state index in [9.17, 15) is 22.0 Å². The Morgan fingerprint density at radius 3 is 2.42 bits per heavy atom. The molecule has 108 valence electrons. The number of ether oxygens (including phenoxy) is 2. The van der Waals surface area contributed by atoms with Crippen LogP contribution in [0.5, 0.6) is 11.5 Å². The van der Waals surface area contributed by atoms with Crippen molar-refractivity contribution in [3.8, 4) is 11.5 Å². The van der Waals surface area contributed by atoms with Gasteiger partial charge in [-0.15, -0.1) is 24.8 Å². The van der Waals surface area contributed by atoms with Crippen LogP contribution in [0.15, 0.2) is 18.2 Å². The maximum Gasteiger partial charge on any atom is 0.573 e. The van der Waals surface area contributed by atoms with Crippen LogP contribution in [0.4, 0.5) is 22.0 Å². The average molecular weight is 305 g/mol. The molecule has 0 radical (unpaired) electrons. The normalized spacial score (nSPS) is 11.7. The lowest BCUT2D eigenvalue weighted by atomic mass is 10.1. The number of hydrogen-bond acceptors (Lipinski definition) is 2. The number of para-hydroxylation sites is 1. The Balaban J connectivity index is 3.08. The Bertz CT molecular complexity index is 409. The lowest BCUT2D eigenvalue weighted by Gasteiger charge is -2.17. The average Bonchev–Trinajstić information content (AvgIpc) is 2.27. The second kappa shape index (κ2) is 6.79. The molecule has 0 spiro atoms. The Labute approximate surface area is 111 Å². The van der Waals surface area contributed by atoms with E-state index in [1.54, 1.807) is 0 Å². The highest BCUT2D eigenvalue weighted by Crippen LogP contribution is 2.37. The van der Waals surface area contributed by atoms with Gasteiger partial charge >= 0.3 is 13.0 Å². The van der Waals surface area contributed by atoms with Crippen molar-refractivity contribution in [3.63, 3.8) is 0 Å². The lowest BCUT2D eigenvalue weighted by molar-refractivity contribution is -0.275. The first kappa shape index (κ1) is 15.8. The molecule has 0 fully saturated rings. The standard InChI is InChI=1S/C11H10ClF5O2/c12-6-2-4-7-3-1-5-8(18-10(13)14)9(7)19-11(15,16)17/h1,3,5,10H,2,4,6H2. The molecule has 1 rings (SSSR count). The van der Waals surface area contributed by atoms with E-state index in [0.29, 0.717) is 6.42 Å². The quantitative estimate of drug-likeness (QED) is 0.574. The van der Waals surface area contributed by atoms with Crippen LogP contribution >= 0.6 is 11.6 Å². The molecule has 0 aliphatic rings. The van der Waals surface area contributed by atoms with Crippen LogP contribution in [0.3, 0.4) is 0 Å². The third kappa shape index (κ3) is 5.50. The minimum Gasteiger partial charge on any atom is -0.431 e. The third-order valence-corrected chi connectivity index (χ3v) is 2.34. The number of halogens is 6. The highest BCUT2D eigenvalue weighted by molar-refractivity contribution is 6.17. The van der Waals surface area contributed by atoms with Crippen molar-refractivity contribution in [2.45, 2.75) is 25.8 Å². The van der Waals surface area contributed by atoms with Crippen LogP contribution in [0.2, 0.25) is 0 Å². The van der Waals surface area contributed by atoms with E-state index >= 15 is 0 Å². The molecule has 0 N–H and O–H groups in total. The molecule has 0 atom stereocenters. The van der Waals surface area contributed by atoms with Gasteiger partial charge in [-0.05, 0) is 24.5 Å². The second-order valence-electron chi connectivity index (χ2n) is 3.46. The van der Waals surface area contributed by atoms with Gasteiger partial charge in [-0.2, -0.15) is 8.78 Å². The second-order valence-corrected chi connectivity index (χ2v) is 3.84. The van der Waals surface area contributed by atoms with Gasteiger partial charge in [0.15, 0.2) is 11.5 Å². The lowest BCUT2D eigenvalue weighted by Crippen LogP contribution is -2.19. The number of hydrogen-bond donors (Lipinski definition) is 0. The van der Waals surface area contributed by atoms with Gasteiger partial charge < -0.3 is 9.47 Å². The summed E-state index contributed by atoms with van der Waals surface area (Å²) in [5, 5.41) is 0. The molecule has 0 bridgehead atoms. The fourth-order valence-electron chi connectivity index (χ4n) is 1.44. The van der Waals surface area contributed by atoms with E-state index in [1.165, 1.54) is 12.1 Å². The summed E-state index contributed by atoms with van der Waals surface area (Å²) in [5.74, 6) is -1.18. The van der Waals surface area contributed by atoms with E-state index in [0.717, 1.165) is 6.07 Å². The topological polar surface area (TPSA) is 18.5 Å². The maximum atomic E-state index is 12.3. The predicted molar refractivity (Wildman–Crippen MR) is 58.8 cm³/mol. The first-order valence-electron chi connectivity index (χ1n) is 5.22. The summed E-state index contributed by atoms with van der Waals surface area (Å²) in [6, 6.07) is 3.63. The summed E-state index contributed by atoms with van der Waals surface area (Å²) < 4.78 is 68.9. The van der Waals surface area contributed by atoms with Crippen molar-refractivity contribution < 1.29 is 31.4 Å². The molecular formula is C11H10ClF5O2. The van der Waals surface area contributed by atoms with Gasteiger partial charge in [-0.1, -0.05) is 12.1 Å². The van der Waals surface area contributed by atoms with Crippen molar-refractivity contribution >= 4 is 11.6 Å². The van der Waals surface area contributed by atoms with Crippen molar-refractivity contribution in [1.29, 1.82) is 0 Å². The zero-order valence-electron chi connectivity index (χ0n) is 9.52. The zero-order chi connectivity index (χ0) is 14.5. The highest BCUT2D eigenvalue weighted by Gasteiger charge is 2.34. The van der Waals surface area contributed by atoms with E-state index < -0.39 is 24.5 Å². The van der Waals surface area contributed by atoms with Crippen molar-refractivity contribution in [1.82, 2.24) is 0 Å². The van der Waals surface area contributed by atoms with Gasteiger partial charge in [0, 0.05) is 5.88 Å². The van der Waals surface area contributed by atoms with Crippen LogP contribution in [0, 0.1) is 0 Å². The number of aryl methyl sites for hydroxylation is 1. The summed E-state index contributed by atoms with van der Waals surface area (Å²) in [6.45, 7) is -3.24. The van der Waals surface area contributed by atoms with Crippen LogP contribution in [0.25, 0.3) is 0 Å². The minimum absolute atomic E-state index is 0.108. The van der Waals surface area contributed by atoms with Gasteiger partial charge in [0.25, 0.3) is 0 Å². The SMILES string of the molecule is FC(F)Oc1cccc(CCCCl)c1OC(F)(F)F. The molecule has 0 heterocycles. The smallest absolute Gasteiger partial charge is 0.431 e. The summed E-state index contributed by atoms with van der Waals surface area (Å²) >= 11 is 5.45. The molecule has 2 nitrogen and oxygen atoms in total. The van der Waals surface area contributed by atoms with E-state index in [2.05, 4.69) is 9.47 Å². The maximum absolute atomic E-state index is 12.3. The van der Waals surface area contributed by atoms with Crippen molar-refractivity contribution in [3.05, 3.63) is 23.8 Å². The van der Waals surface area contributed by atoms with Crippen molar-refractivity contribution in [2.75, 3.05) is 5.88 Å². The summed E-state index contributed by atoms with van der Waals surface area (Å²) in [4.78, 5) is 0. The molecular weight excluding hydrogens is 295 g/mol. The molecule has 0 saturated heterocycles.